The minimum atomic E-state index is -0.980. The van der Waals surface area contributed by atoms with Crippen LogP contribution in [0.1, 0.15) is 57.1 Å². The summed E-state index contributed by atoms with van der Waals surface area (Å²) in [6, 6.07) is 14.9. The van der Waals surface area contributed by atoms with Gasteiger partial charge in [-0.1, -0.05) is 75.7 Å². The van der Waals surface area contributed by atoms with Crippen molar-refractivity contribution in [3.05, 3.63) is 59.7 Å². The minimum Gasteiger partial charge on any atom is -0.481 e. The molecule has 0 radical (unpaired) electrons. The number of fused-ring (bicyclic) bond motifs is 3. The molecule has 0 spiro atoms. The molecule has 0 saturated carbocycles. The van der Waals surface area contributed by atoms with Gasteiger partial charge < -0.3 is 20.5 Å². The van der Waals surface area contributed by atoms with Crippen LogP contribution in [0, 0.1) is 5.92 Å². The van der Waals surface area contributed by atoms with Crippen LogP contribution in [0.2, 0.25) is 0 Å². The smallest absolute Gasteiger partial charge is 0.407 e. The molecule has 2 unspecified atom stereocenters. The summed E-state index contributed by atoms with van der Waals surface area (Å²) in [5.41, 5.74) is 4.51. The van der Waals surface area contributed by atoms with Gasteiger partial charge in [0.05, 0.1) is 6.42 Å². The first-order valence-electron chi connectivity index (χ1n) is 11.5. The SMILES string of the molecule is CCC(CC(=O)O)NC(=O)[C@@H](NC(=O)OCC1c2ccccc2-c2ccccc21)C(C)CC. The van der Waals surface area contributed by atoms with E-state index in [2.05, 4.69) is 22.8 Å². The molecule has 7 heteroatoms. The molecule has 1 aliphatic rings. The molecule has 0 fully saturated rings. The van der Waals surface area contributed by atoms with Gasteiger partial charge in [0.1, 0.15) is 12.6 Å². The monoisotopic (exact) mass is 452 g/mol. The third-order valence-corrected chi connectivity index (χ3v) is 6.37. The molecule has 3 rings (SSSR count). The Morgan fingerprint density at radius 1 is 0.939 bits per heavy atom. The lowest BCUT2D eigenvalue weighted by Gasteiger charge is -2.26. The van der Waals surface area contributed by atoms with E-state index in [1.807, 2.05) is 57.2 Å². The molecule has 33 heavy (non-hydrogen) atoms. The third-order valence-electron chi connectivity index (χ3n) is 6.37. The van der Waals surface area contributed by atoms with E-state index in [-0.39, 0.29) is 24.9 Å². The largest absolute Gasteiger partial charge is 0.481 e. The highest BCUT2D eigenvalue weighted by Crippen LogP contribution is 2.44. The Kier molecular flexibility index (Phi) is 8.09. The maximum absolute atomic E-state index is 12.8. The lowest BCUT2D eigenvalue weighted by molar-refractivity contribution is -0.137. The van der Waals surface area contributed by atoms with E-state index in [9.17, 15) is 14.4 Å². The van der Waals surface area contributed by atoms with Crippen LogP contribution < -0.4 is 10.6 Å². The number of ether oxygens (including phenoxy) is 1. The second-order valence-corrected chi connectivity index (χ2v) is 8.54. The van der Waals surface area contributed by atoms with Gasteiger partial charge in [-0.15, -0.1) is 0 Å². The molecule has 3 atom stereocenters. The number of rotatable bonds is 10. The minimum absolute atomic E-state index is 0.0703. The number of amides is 2. The van der Waals surface area contributed by atoms with E-state index in [1.54, 1.807) is 0 Å². The topological polar surface area (TPSA) is 105 Å². The van der Waals surface area contributed by atoms with Crippen molar-refractivity contribution in [2.24, 2.45) is 5.92 Å². The van der Waals surface area contributed by atoms with E-state index in [4.69, 9.17) is 9.84 Å². The van der Waals surface area contributed by atoms with Crippen LogP contribution >= 0.6 is 0 Å². The standard InChI is InChI=1S/C26H32N2O5/c1-4-16(3)24(25(31)27-17(5-2)14-23(29)30)28-26(32)33-15-22-20-12-8-6-10-18(20)19-11-7-9-13-21(19)22/h6-13,16-17,22,24H,4-5,14-15H2,1-3H3,(H,27,31)(H,28,32)(H,29,30)/t16?,17?,24-/m0/s1. The summed E-state index contributed by atoms with van der Waals surface area (Å²) in [7, 11) is 0. The molecule has 2 aromatic carbocycles. The fraction of sp³-hybridized carbons (Fsp3) is 0.423. The highest BCUT2D eigenvalue weighted by atomic mass is 16.5. The van der Waals surface area contributed by atoms with Gasteiger partial charge in [0.2, 0.25) is 5.91 Å². The van der Waals surface area contributed by atoms with Crippen LogP contribution in [0.4, 0.5) is 4.79 Å². The molecule has 0 heterocycles. The molecule has 0 aromatic heterocycles. The molecule has 0 saturated heterocycles. The number of nitrogens with one attached hydrogen (secondary N) is 2. The average Bonchev–Trinajstić information content (AvgIpc) is 3.13. The van der Waals surface area contributed by atoms with Crippen molar-refractivity contribution in [1.82, 2.24) is 10.6 Å². The van der Waals surface area contributed by atoms with E-state index in [1.165, 1.54) is 0 Å². The second kappa shape index (κ2) is 11.0. The van der Waals surface area contributed by atoms with Crippen molar-refractivity contribution in [3.8, 4) is 11.1 Å². The number of benzene rings is 2. The van der Waals surface area contributed by atoms with Crippen molar-refractivity contribution in [1.29, 1.82) is 0 Å². The molecular weight excluding hydrogens is 420 g/mol. The Morgan fingerprint density at radius 2 is 1.52 bits per heavy atom. The summed E-state index contributed by atoms with van der Waals surface area (Å²) in [5, 5.41) is 14.5. The van der Waals surface area contributed by atoms with Crippen LogP contribution in [-0.2, 0) is 14.3 Å². The van der Waals surface area contributed by atoms with E-state index in [0.29, 0.717) is 12.8 Å². The van der Waals surface area contributed by atoms with Gasteiger partial charge in [0, 0.05) is 12.0 Å². The van der Waals surface area contributed by atoms with E-state index >= 15 is 0 Å². The lowest BCUT2D eigenvalue weighted by Crippen LogP contribution is -2.53. The first kappa shape index (κ1) is 24.3. The highest BCUT2D eigenvalue weighted by Gasteiger charge is 2.31. The lowest BCUT2D eigenvalue weighted by atomic mass is 9.97. The number of carbonyl (C=O) groups is 3. The number of aliphatic carboxylic acids is 1. The Hall–Kier alpha value is -3.35. The number of alkyl carbamates (subject to hydrolysis) is 1. The number of carbonyl (C=O) groups excluding carboxylic acids is 2. The summed E-state index contributed by atoms with van der Waals surface area (Å²) in [6.45, 7) is 5.77. The Morgan fingerprint density at radius 3 is 2.03 bits per heavy atom. The molecule has 0 bridgehead atoms. The summed E-state index contributed by atoms with van der Waals surface area (Å²) in [6.07, 6.45) is 0.317. The van der Waals surface area contributed by atoms with Crippen molar-refractivity contribution in [2.75, 3.05) is 6.61 Å². The van der Waals surface area contributed by atoms with Crippen LogP contribution in [0.5, 0.6) is 0 Å². The molecule has 3 N–H and O–H groups in total. The summed E-state index contributed by atoms with van der Waals surface area (Å²) in [4.78, 5) is 36.6. The molecule has 1 aliphatic carbocycles. The maximum Gasteiger partial charge on any atom is 0.407 e. The summed E-state index contributed by atoms with van der Waals surface area (Å²) >= 11 is 0. The predicted octanol–water partition coefficient (Wildman–Crippen LogP) is 4.31. The van der Waals surface area contributed by atoms with Crippen molar-refractivity contribution < 1.29 is 24.2 Å². The predicted molar refractivity (Wildman–Crippen MR) is 126 cm³/mol. The van der Waals surface area contributed by atoms with E-state index in [0.717, 1.165) is 22.3 Å². The van der Waals surface area contributed by atoms with Gasteiger partial charge in [-0.25, -0.2) is 4.79 Å². The zero-order valence-electron chi connectivity index (χ0n) is 19.3. The molecule has 2 aromatic rings. The molecular formula is C26H32N2O5. The fourth-order valence-electron chi connectivity index (χ4n) is 4.27. The Balaban J connectivity index is 1.66. The quantitative estimate of drug-likeness (QED) is 0.498. The zero-order chi connectivity index (χ0) is 24.0. The van der Waals surface area contributed by atoms with Gasteiger partial charge in [0.15, 0.2) is 0 Å². The summed E-state index contributed by atoms with van der Waals surface area (Å²) in [5.74, 6) is -1.59. The van der Waals surface area contributed by atoms with Crippen molar-refractivity contribution in [3.63, 3.8) is 0 Å². The second-order valence-electron chi connectivity index (χ2n) is 8.54. The van der Waals surface area contributed by atoms with Gasteiger partial charge in [0.25, 0.3) is 0 Å². The number of hydrogen-bond donors (Lipinski definition) is 3. The van der Waals surface area contributed by atoms with Gasteiger partial charge in [-0.2, -0.15) is 0 Å². The van der Waals surface area contributed by atoms with Crippen molar-refractivity contribution >= 4 is 18.0 Å². The van der Waals surface area contributed by atoms with Crippen LogP contribution in [0.15, 0.2) is 48.5 Å². The van der Waals surface area contributed by atoms with Crippen LogP contribution in [0.3, 0.4) is 0 Å². The Labute approximate surface area is 194 Å². The number of carboxylic acids is 1. The Bertz CT molecular complexity index is 960. The number of hydrogen-bond acceptors (Lipinski definition) is 4. The fourth-order valence-corrected chi connectivity index (χ4v) is 4.27. The average molecular weight is 453 g/mol. The molecule has 7 nitrogen and oxygen atoms in total. The van der Waals surface area contributed by atoms with E-state index < -0.39 is 30.1 Å². The van der Waals surface area contributed by atoms with Gasteiger partial charge in [-0.05, 0) is 34.6 Å². The maximum atomic E-state index is 12.8. The first-order chi connectivity index (χ1) is 15.8. The van der Waals surface area contributed by atoms with Gasteiger partial charge in [-0.3, -0.25) is 9.59 Å². The van der Waals surface area contributed by atoms with Gasteiger partial charge >= 0.3 is 12.1 Å². The normalized spacial score (nSPS) is 15.0. The van der Waals surface area contributed by atoms with Crippen molar-refractivity contribution in [2.45, 2.75) is 58.0 Å². The van der Waals surface area contributed by atoms with Crippen LogP contribution in [-0.4, -0.2) is 41.8 Å². The van der Waals surface area contributed by atoms with Crippen LogP contribution in [0.25, 0.3) is 11.1 Å². The zero-order valence-corrected chi connectivity index (χ0v) is 19.3. The summed E-state index contributed by atoms with van der Waals surface area (Å²) < 4.78 is 5.59. The number of carboxylic acid groups (broad SMARTS) is 1. The highest BCUT2D eigenvalue weighted by molar-refractivity contribution is 5.86. The molecule has 2 amide bonds. The first-order valence-corrected chi connectivity index (χ1v) is 11.5. The molecule has 0 aliphatic heterocycles. The molecule has 176 valence electrons. The third kappa shape index (κ3) is 5.72.